The minimum atomic E-state index is -3.70. The maximum atomic E-state index is 13.1. The predicted octanol–water partition coefficient (Wildman–Crippen LogP) is 5.35. The van der Waals surface area contributed by atoms with Crippen molar-refractivity contribution in [2.45, 2.75) is 30.2 Å². The van der Waals surface area contributed by atoms with Crippen LogP contribution < -0.4 is 19.5 Å². The largest absolute Gasteiger partial charge is 0.454 e. The van der Waals surface area contributed by atoms with E-state index in [2.05, 4.69) is 28.3 Å². The third-order valence-corrected chi connectivity index (χ3v) is 8.05. The van der Waals surface area contributed by atoms with Gasteiger partial charge in [0.15, 0.2) is 11.5 Å². The minimum Gasteiger partial charge on any atom is -0.454 e. The van der Waals surface area contributed by atoms with E-state index in [1.165, 1.54) is 0 Å². The van der Waals surface area contributed by atoms with Gasteiger partial charge in [-0.15, -0.1) is 0 Å². The third kappa shape index (κ3) is 3.53. The Kier molecular flexibility index (Phi) is 4.62. The van der Waals surface area contributed by atoms with Gasteiger partial charge in [-0.05, 0) is 78.4 Å². The fraction of sp³-hybridized carbons (Fsp3) is 0.231. The molecule has 7 heteroatoms. The first kappa shape index (κ1) is 20.2. The van der Waals surface area contributed by atoms with E-state index in [4.69, 9.17) is 9.47 Å². The van der Waals surface area contributed by atoms with Crippen molar-refractivity contribution >= 4 is 21.4 Å². The van der Waals surface area contributed by atoms with Gasteiger partial charge in [-0.1, -0.05) is 30.4 Å². The molecule has 2 aliphatic heterocycles. The highest BCUT2D eigenvalue weighted by atomic mass is 32.2. The summed E-state index contributed by atoms with van der Waals surface area (Å²) in [4.78, 5) is 0.269. The molecule has 6 rings (SSSR count). The Bertz CT molecular complexity index is 1380. The normalized spacial score (nSPS) is 22.4. The van der Waals surface area contributed by atoms with Crippen LogP contribution in [-0.4, -0.2) is 15.2 Å². The van der Waals surface area contributed by atoms with Crippen molar-refractivity contribution in [1.82, 2.24) is 0 Å². The van der Waals surface area contributed by atoms with Gasteiger partial charge in [0.1, 0.15) is 0 Å². The monoisotopic (exact) mass is 460 g/mol. The molecule has 168 valence electrons. The molecule has 0 aromatic heterocycles. The number of rotatable bonds is 4. The summed E-state index contributed by atoms with van der Waals surface area (Å²) >= 11 is 0. The van der Waals surface area contributed by atoms with E-state index >= 15 is 0 Å². The molecule has 1 aliphatic carbocycles. The van der Waals surface area contributed by atoms with E-state index < -0.39 is 10.0 Å². The number of hydrogen-bond donors (Lipinski definition) is 2. The Morgan fingerprint density at radius 2 is 1.88 bits per heavy atom. The molecule has 3 aliphatic rings. The molecule has 33 heavy (non-hydrogen) atoms. The van der Waals surface area contributed by atoms with E-state index in [0.29, 0.717) is 11.6 Å². The molecule has 0 bridgehead atoms. The van der Waals surface area contributed by atoms with Gasteiger partial charge in [0, 0.05) is 17.3 Å². The lowest BCUT2D eigenvalue weighted by molar-refractivity contribution is 0.174. The Hall–Kier alpha value is -3.45. The first-order chi connectivity index (χ1) is 16.0. The molecule has 0 saturated carbocycles. The molecule has 2 N–H and O–H groups in total. The van der Waals surface area contributed by atoms with E-state index in [0.717, 1.165) is 40.3 Å². The lowest BCUT2D eigenvalue weighted by Gasteiger charge is -2.37. The maximum Gasteiger partial charge on any atom is 0.261 e. The van der Waals surface area contributed by atoms with Crippen molar-refractivity contribution < 1.29 is 17.9 Å². The zero-order chi connectivity index (χ0) is 22.6. The number of aryl methyl sites for hydroxylation is 1. The summed E-state index contributed by atoms with van der Waals surface area (Å²) in [6.07, 6.45) is 5.32. The summed E-state index contributed by atoms with van der Waals surface area (Å²) < 4.78 is 40.0. The average Bonchev–Trinajstić information content (AvgIpc) is 3.47. The van der Waals surface area contributed by atoms with Gasteiger partial charge >= 0.3 is 0 Å². The fourth-order valence-electron chi connectivity index (χ4n) is 5.10. The van der Waals surface area contributed by atoms with Crippen molar-refractivity contribution in [2.24, 2.45) is 5.92 Å². The van der Waals surface area contributed by atoms with Gasteiger partial charge in [0.2, 0.25) is 6.79 Å². The highest BCUT2D eigenvalue weighted by Crippen LogP contribution is 2.51. The number of fused-ring (bicyclic) bond motifs is 4. The van der Waals surface area contributed by atoms with Gasteiger partial charge in [0.25, 0.3) is 10.0 Å². The van der Waals surface area contributed by atoms with Crippen LogP contribution in [0.25, 0.3) is 0 Å². The molecule has 0 saturated heterocycles. The van der Waals surface area contributed by atoms with E-state index in [-0.39, 0.29) is 23.6 Å². The number of nitrogens with one attached hydrogen (secondary N) is 2. The van der Waals surface area contributed by atoms with Crippen molar-refractivity contribution in [3.05, 3.63) is 89.5 Å². The Labute approximate surface area is 193 Å². The molecule has 2 heterocycles. The molecule has 0 unspecified atom stereocenters. The van der Waals surface area contributed by atoms with Crippen molar-refractivity contribution in [1.29, 1.82) is 0 Å². The zero-order valence-corrected chi connectivity index (χ0v) is 18.9. The number of sulfonamides is 1. The first-order valence-corrected chi connectivity index (χ1v) is 12.5. The van der Waals surface area contributed by atoms with Crippen LogP contribution in [0.2, 0.25) is 0 Å². The van der Waals surface area contributed by atoms with Crippen LogP contribution in [-0.2, 0) is 10.0 Å². The average molecular weight is 461 g/mol. The standard InChI is InChI=1S/C26H24N2O4S/c1-16-4-2-5-18(12-16)28-33(29,30)19-9-10-23-22(14-19)20-6-3-7-21(20)26(27-23)17-8-11-24-25(13-17)32-15-31-24/h2-6,8-14,20-21,26-28H,7,15H2,1H3/t20-,21+,26+/m0/s1. The molecule has 3 aromatic rings. The summed E-state index contributed by atoms with van der Waals surface area (Å²) in [5, 5.41) is 3.66. The fourth-order valence-corrected chi connectivity index (χ4v) is 6.18. The molecule has 0 fully saturated rings. The van der Waals surface area contributed by atoms with Crippen LogP contribution in [0.15, 0.2) is 77.7 Å². The molecular weight excluding hydrogens is 436 g/mol. The van der Waals surface area contributed by atoms with Gasteiger partial charge in [-0.25, -0.2) is 8.42 Å². The van der Waals surface area contributed by atoms with Crippen LogP contribution in [0.3, 0.4) is 0 Å². The number of anilines is 2. The summed E-state index contributed by atoms with van der Waals surface area (Å²) in [6.45, 7) is 2.19. The zero-order valence-electron chi connectivity index (χ0n) is 18.1. The van der Waals surface area contributed by atoms with Crippen molar-refractivity contribution in [3.8, 4) is 11.5 Å². The van der Waals surface area contributed by atoms with Crippen molar-refractivity contribution in [3.63, 3.8) is 0 Å². The Morgan fingerprint density at radius 1 is 1.00 bits per heavy atom. The minimum absolute atomic E-state index is 0.0971. The van der Waals surface area contributed by atoms with E-state index in [1.54, 1.807) is 12.1 Å². The van der Waals surface area contributed by atoms with Gasteiger partial charge in [0.05, 0.1) is 10.9 Å². The highest BCUT2D eigenvalue weighted by molar-refractivity contribution is 7.92. The van der Waals surface area contributed by atoms with Crippen LogP contribution >= 0.6 is 0 Å². The topological polar surface area (TPSA) is 76.7 Å². The number of hydrogen-bond acceptors (Lipinski definition) is 5. The Balaban J connectivity index is 1.34. The lowest BCUT2D eigenvalue weighted by Crippen LogP contribution is -2.29. The summed E-state index contributed by atoms with van der Waals surface area (Å²) in [5.41, 5.74) is 4.67. The lowest BCUT2D eigenvalue weighted by atomic mass is 9.77. The first-order valence-electron chi connectivity index (χ1n) is 11.0. The summed E-state index contributed by atoms with van der Waals surface area (Å²) in [7, 11) is -3.70. The van der Waals surface area contributed by atoms with E-state index in [1.807, 2.05) is 49.4 Å². The second-order valence-electron chi connectivity index (χ2n) is 8.81. The van der Waals surface area contributed by atoms with Crippen molar-refractivity contribution in [2.75, 3.05) is 16.8 Å². The van der Waals surface area contributed by atoms with Crippen LogP contribution in [0, 0.1) is 12.8 Å². The smallest absolute Gasteiger partial charge is 0.261 e. The van der Waals surface area contributed by atoms with Crippen LogP contribution in [0.5, 0.6) is 11.5 Å². The Morgan fingerprint density at radius 3 is 2.76 bits per heavy atom. The second-order valence-corrected chi connectivity index (χ2v) is 10.5. The highest BCUT2D eigenvalue weighted by Gasteiger charge is 2.39. The van der Waals surface area contributed by atoms with Gasteiger partial charge in [-0.2, -0.15) is 0 Å². The van der Waals surface area contributed by atoms with Crippen LogP contribution in [0.4, 0.5) is 11.4 Å². The van der Waals surface area contributed by atoms with Gasteiger partial charge < -0.3 is 14.8 Å². The predicted molar refractivity (Wildman–Crippen MR) is 127 cm³/mol. The summed E-state index contributed by atoms with van der Waals surface area (Å²) in [6, 6.07) is 18.9. The molecule has 3 aromatic carbocycles. The number of allylic oxidation sites excluding steroid dienone is 2. The molecule has 0 spiro atoms. The van der Waals surface area contributed by atoms with Gasteiger partial charge in [-0.3, -0.25) is 4.72 Å². The SMILES string of the molecule is Cc1cccc(NS(=O)(=O)c2ccc3c(c2)[C@H]2C=CC[C@H]2[C@@H](c2ccc4c(c2)OCO4)N3)c1. The number of benzene rings is 3. The molecule has 0 radical (unpaired) electrons. The molecular formula is C26H24N2O4S. The van der Waals surface area contributed by atoms with E-state index in [9.17, 15) is 8.42 Å². The van der Waals surface area contributed by atoms with Crippen LogP contribution in [0.1, 0.15) is 35.1 Å². The molecule has 3 atom stereocenters. The quantitative estimate of drug-likeness (QED) is 0.513. The maximum absolute atomic E-state index is 13.1. The second kappa shape index (κ2) is 7.56. The molecule has 6 nitrogen and oxygen atoms in total. The molecule has 0 amide bonds. The third-order valence-electron chi connectivity index (χ3n) is 6.67. The number of ether oxygens (including phenoxy) is 2. The summed E-state index contributed by atoms with van der Waals surface area (Å²) in [5.74, 6) is 1.98.